The number of rotatable bonds is 3. The summed E-state index contributed by atoms with van der Waals surface area (Å²) in [6.07, 6.45) is 2.00. The van der Waals surface area contributed by atoms with Crippen LogP contribution in [-0.2, 0) is 16.6 Å². The van der Waals surface area contributed by atoms with Gasteiger partial charge in [0, 0.05) is 25.0 Å². The molecule has 4 rings (SSSR count). The fourth-order valence-corrected chi connectivity index (χ4v) is 5.07. The molecule has 0 saturated carbocycles. The average molecular weight is 352 g/mol. The molecule has 128 valence electrons. The lowest BCUT2D eigenvalue weighted by Gasteiger charge is -2.33. The number of aromatic nitrogens is 1. The smallest absolute Gasteiger partial charge is 0.243 e. The standard InChI is InChI=1S/C20H20N2O2S/c1-16-20-8-5-13-21(20)14-15-22(16)25(23,24)19-11-9-18(10-12-19)17-6-3-2-4-7-17/h2-13,16H,14-15H2,1H3. The van der Waals surface area contributed by atoms with Gasteiger partial charge in [-0.15, -0.1) is 0 Å². The highest BCUT2D eigenvalue weighted by Gasteiger charge is 2.33. The van der Waals surface area contributed by atoms with Crippen molar-refractivity contribution in [2.24, 2.45) is 0 Å². The quantitative estimate of drug-likeness (QED) is 0.717. The highest BCUT2D eigenvalue weighted by atomic mass is 32.2. The minimum absolute atomic E-state index is 0.164. The molecule has 25 heavy (non-hydrogen) atoms. The van der Waals surface area contributed by atoms with Gasteiger partial charge in [-0.2, -0.15) is 4.31 Å². The van der Waals surface area contributed by atoms with Crippen molar-refractivity contribution < 1.29 is 8.42 Å². The van der Waals surface area contributed by atoms with E-state index in [1.54, 1.807) is 16.4 Å². The Kier molecular flexibility index (Phi) is 3.98. The summed E-state index contributed by atoms with van der Waals surface area (Å²) in [4.78, 5) is 0.346. The SMILES string of the molecule is CC1c2cccn2CCN1S(=O)(=O)c1ccc(-c2ccccc2)cc1. The molecule has 1 atom stereocenters. The van der Waals surface area contributed by atoms with Gasteiger partial charge in [-0.1, -0.05) is 42.5 Å². The van der Waals surface area contributed by atoms with E-state index in [0.717, 1.165) is 16.8 Å². The van der Waals surface area contributed by atoms with Gasteiger partial charge in [0.05, 0.1) is 10.9 Å². The van der Waals surface area contributed by atoms with Gasteiger partial charge in [0.15, 0.2) is 0 Å². The fourth-order valence-electron chi connectivity index (χ4n) is 3.47. The van der Waals surface area contributed by atoms with E-state index in [-0.39, 0.29) is 6.04 Å². The van der Waals surface area contributed by atoms with Gasteiger partial charge >= 0.3 is 0 Å². The third-order valence-corrected chi connectivity index (χ3v) is 6.84. The molecule has 3 aromatic rings. The predicted octanol–water partition coefficient (Wildman–Crippen LogP) is 3.92. The fraction of sp³-hybridized carbons (Fsp3) is 0.200. The summed E-state index contributed by atoms with van der Waals surface area (Å²) in [6, 6.07) is 20.9. The third-order valence-electron chi connectivity index (χ3n) is 4.85. The van der Waals surface area contributed by atoms with E-state index in [1.165, 1.54) is 0 Å². The largest absolute Gasteiger partial charge is 0.349 e. The van der Waals surface area contributed by atoms with Crippen LogP contribution in [0.15, 0.2) is 77.8 Å². The molecule has 0 spiro atoms. The van der Waals surface area contributed by atoms with Crippen LogP contribution >= 0.6 is 0 Å². The van der Waals surface area contributed by atoms with E-state index in [1.807, 2.05) is 67.7 Å². The average Bonchev–Trinajstić information content (AvgIpc) is 3.12. The maximum absolute atomic E-state index is 13.1. The Labute approximate surface area is 148 Å². The second-order valence-corrected chi connectivity index (χ2v) is 8.20. The summed E-state index contributed by atoms with van der Waals surface area (Å²) >= 11 is 0. The van der Waals surface area contributed by atoms with Crippen molar-refractivity contribution in [2.45, 2.75) is 24.4 Å². The molecule has 0 saturated heterocycles. The first kappa shape index (κ1) is 16.1. The lowest BCUT2D eigenvalue weighted by atomic mass is 10.1. The van der Waals surface area contributed by atoms with Crippen LogP contribution in [0.4, 0.5) is 0 Å². The van der Waals surface area contributed by atoms with Crippen molar-refractivity contribution in [3.8, 4) is 11.1 Å². The molecule has 0 aliphatic carbocycles. The Bertz CT molecular complexity index is 976. The molecule has 1 aliphatic heterocycles. The van der Waals surface area contributed by atoms with Crippen molar-refractivity contribution >= 4 is 10.0 Å². The van der Waals surface area contributed by atoms with Crippen molar-refractivity contribution in [2.75, 3.05) is 6.54 Å². The van der Waals surface area contributed by atoms with Crippen LogP contribution in [-0.4, -0.2) is 23.8 Å². The van der Waals surface area contributed by atoms with Crippen LogP contribution in [0, 0.1) is 0 Å². The summed E-state index contributed by atoms with van der Waals surface area (Å²) in [5.41, 5.74) is 3.13. The Morgan fingerprint density at radius 2 is 1.52 bits per heavy atom. The maximum Gasteiger partial charge on any atom is 0.243 e. The number of nitrogens with zero attached hydrogens (tertiary/aromatic N) is 2. The summed E-state index contributed by atoms with van der Waals surface area (Å²) in [5, 5.41) is 0. The summed E-state index contributed by atoms with van der Waals surface area (Å²) in [7, 11) is -3.51. The predicted molar refractivity (Wildman–Crippen MR) is 98.6 cm³/mol. The van der Waals surface area contributed by atoms with Gasteiger partial charge in [0.1, 0.15) is 0 Å². The van der Waals surface area contributed by atoms with Gasteiger partial charge < -0.3 is 4.57 Å². The zero-order valence-electron chi connectivity index (χ0n) is 14.0. The number of sulfonamides is 1. The van der Waals surface area contributed by atoms with Gasteiger partial charge in [-0.25, -0.2) is 8.42 Å². The monoisotopic (exact) mass is 352 g/mol. The minimum Gasteiger partial charge on any atom is -0.349 e. The molecule has 0 bridgehead atoms. The van der Waals surface area contributed by atoms with Gasteiger partial charge in [0.2, 0.25) is 10.0 Å². The van der Waals surface area contributed by atoms with Gasteiger partial charge in [-0.05, 0) is 42.3 Å². The van der Waals surface area contributed by atoms with E-state index >= 15 is 0 Å². The Morgan fingerprint density at radius 1 is 0.840 bits per heavy atom. The third kappa shape index (κ3) is 2.79. The topological polar surface area (TPSA) is 42.3 Å². The number of hydrogen-bond acceptors (Lipinski definition) is 2. The molecule has 4 nitrogen and oxygen atoms in total. The zero-order valence-corrected chi connectivity index (χ0v) is 14.9. The Hall–Kier alpha value is -2.37. The van der Waals surface area contributed by atoms with E-state index in [9.17, 15) is 8.42 Å². The second kappa shape index (κ2) is 6.17. The molecule has 1 unspecified atom stereocenters. The minimum atomic E-state index is -3.51. The first-order valence-electron chi connectivity index (χ1n) is 8.40. The summed E-state index contributed by atoms with van der Waals surface area (Å²) in [5.74, 6) is 0. The molecular weight excluding hydrogens is 332 g/mol. The molecule has 0 N–H and O–H groups in total. The molecule has 2 heterocycles. The first-order chi connectivity index (χ1) is 12.1. The van der Waals surface area contributed by atoms with E-state index < -0.39 is 10.0 Å². The van der Waals surface area contributed by atoms with Crippen LogP contribution in [0.5, 0.6) is 0 Å². The number of fused-ring (bicyclic) bond motifs is 1. The normalized spacial score (nSPS) is 18.0. The molecule has 1 aromatic heterocycles. The maximum atomic E-state index is 13.1. The number of hydrogen-bond donors (Lipinski definition) is 0. The lowest BCUT2D eigenvalue weighted by Crippen LogP contribution is -2.40. The molecule has 0 radical (unpaired) electrons. The Balaban J connectivity index is 1.65. The van der Waals surface area contributed by atoms with Crippen molar-refractivity contribution in [3.63, 3.8) is 0 Å². The molecule has 2 aromatic carbocycles. The highest BCUT2D eigenvalue weighted by Crippen LogP contribution is 2.31. The van der Waals surface area contributed by atoms with Crippen LogP contribution < -0.4 is 0 Å². The van der Waals surface area contributed by atoms with Gasteiger partial charge in [-0.3, -0.25) is 0 Å². The summed E-state index contributed by atoms with van der Waals surface area (Å²) in [6.45, 7) is 3.13. The number of benzene rings is 2. The molecule has 0 amide bonds. The molecular formula is C20H20N2O2S. The van der Waals surface area contributed by atoms with Crippen LogP contribution in [0.3, 0.4) is 0 Å². The van der Waals surface area contributed by atoms with Crippen LogP contribution in [0.2, 0.25) is 0 Å². The van der Waals surface area contributed by atoms with Crippen LogP contribution in [0.25, 0.3) is 11.1 Å². The van der Waals surface area contributed by atoms with Crippen molar-refractivity contribution in [1.29, 1.82) is 0 Å². The molecule has 5 heteroatoms. The first-order valence-corrected chi connectivity index (χ1v) is 9.84. The second-order valence-electron chi connectivity index (χ2n) is 6.31. The molecule has 1 aliphatic rings. The lowest BCUT2D eigenvalue weighted by molar-refractivity contribution is 0.282. The van der Waals surface area contributed by atoms with Gasteiger partial charge in [0.25, 0.3) is 0 Å². The summed E-state index contributed by atoms with van der Waals surface area (Å²) < 4.78 is 29.9. The van der Waals surface area contributed by atoms with E-state index in [4.69, 9.17) is 0 Å². The van der Waals surface area contributed by atoms with E-state index in [0.29, 0.717) is 18.0 Å². The highest BCUT2D eigenvalue weighted by molar-refractivity contribution is 7.89. The van der Waals surface area contributed by atoms with Crippen molar-refractivity contribution in [1.82, 2.24) is 8.87 Å². The molecule has 0 fully saturated rings. The van der Waals surface area contributed by atoms with Crippen LogP contribution in [0.1, 0.15) is 18.7 Å². The Morgan fingerprint density at radius 3 is 2.24 bits per heavy atom. The zero-order chi connectivity index (χ0) is 17.4. The van der Waals surface area contributed by atoms with E-state index in [2.05, 4.69) is 4.57 Å². The van der Waals surface area contributed by atoms with Crippen molar-refractivity contribution in [3.05, 3.63) is 78.6 Å².